The van der Waals surface area contributed by atoms with Gasteiger partial charge in [-0.3, -0.25) is 4.79 Å². The Hall–Kier alpha value is -0.610. The normalized spacial score (nSPS) is 35.9. The van der Waals surface area contributed by atoms with E-state index in [0.717, 1.165) is 38.9 Å². The van der Waals surface area contributed by atoms with Crippen LogP contribution in [0, 0.1) is 5.92 Å². The smallest absolute Gasteiger partial charge is 0.227 e. The van der Waals surface area contributed by atoms with Crippen molar-refractivity contribution in [1.82, 2.24) is 9.80 Å². The second-order valence-electron chi connectivity index (χ2n) is 5.54. The maximum absolute atomic E-state index is 12.4. The van der Waals surface area contributed by atoms with Gasteiger partial charge in [0.2, 0.25) is 5.91 Å². The zero-order chi connectivity index (χ0) is 11.8. The lowest BCUT2D eigenvalue weighted by atomic mass is 9.97. The molecule has 0 saturated carbocycles. The highest BCUT2D eigenvalue weighted by atomic mass is 16.2. The third kappa shape index (κ3) is 1.96. The van der Waals surface area contributed by atoms with Crippen LogP contribution in [0.2, 0.25) is 0 Å². The molecule has 0 bridgehead atoms. The Kier molecular flexibility index (Phi) is 3.22. The van der Waals surface area contributed by atoms with Crippen molar-refractivity contribution in [2.24, 2.45) is 11.7 Å². The minimum Gasteiger partial charge on any atom is -0.336 e. The minimum atomic E-state index is -0.0851. The van der Waals surface area contributed by atoms with Gasteiger partial charge in [0, 0.05) is 19.6 Å². The molecule has 0 aliphatic carbocycles. The number of carbonyl (C=O) groups is 1. The van der Waals surface area contributed by atoms with E-state index in [4.69, 9.17) is 5.73 Å². The van der Waals surface area contributed by atoms with Crippen molar-refractivity contribution in [2.75, 3.05) is 33.2 Å². The molecule has 4 heteroatoms. The number of carbonyl (C=O) groups excluding carboxylic acids is 1. The summed E-state index contributed by atoms with van der Waals surface area (Å²) in [6.07, 6.45) is 3.16. The molecule has 2 rings (SSSR count). The van der Waals surface area contributed by atoms with Gasteiger partial charge >= 0.3 is 0 Å². The summed E-state index contributed by atoms with van der Waals surface area (Å²) in [4.78, 5) is 16.7. The van der Waals surface area contributed by atoms with Crippen molar-refractivity contribution in [3.63, 3.8) is 0 Å². The summed E-state index contributed by atoms with van der Waals surface area (Å²) >= 11 is 0. The number of hydrogen-bond acceptors (Lipinski definition) is 3. The first-order chi connectivity index (χ1) is 7.57. The highest BCUT2D eigenvalue weighted by Gasteiger charge is 2.41. The highest BCUT2D eigenvalue weighted by molar-refractivity contribution is 5.80. The van der Waals surface area contributed by atoms with Crippen molar-refractivity contribution >= 4 is 5.91 Å². The van der Waals surface area contributed by atoms with E-state index in [9.17, 15) is 4.79 Å². The van der Waals surface area contributed by atoms with Crippen LogP contribution in [0.4, 0.5) is 0 Å². The fourth-order valence-electron chi connectivity index (χ4n) is 2.97. The predicted octanol–water partition coefficient (Wildman–Crippen LogP) is 0.278. The van der Waals surface area contributed by atoms with Gasteiger partial charge < -0.3 is 15.5 Å². The van der Waals surface area contributed by atoms with E-state index in [1.54, 1.807) is 0 Å². The van der Waals surface area contributed by atoms with Crippen LogP contribution in [0.5, 0.6) is 0 Å². The summed E-state index contributed by atoms with van der Waals surface area (Å²) in [5.41, 5.74) is 5.73. The maximum Gasteiger partial charge on any atom is 0.227 e. The van der Waals surface area contributed by atoms with Crippen LogP contribution in [-0.4, -0.2) is 54.5 Å². The molecule has 16 heavy (non-hydrogen) atoms. The Morgan fingerprint density at radius 2 is 2.25 bits per heavy atom. The molecular weight excluding hydrogens is 202 g/mol. The van der Waals surface area contributed by atoms with Crippen LogP contribution in [-0.2, 0) is 4.79 Å². The lowest BCUT2D eigenvalue weighted by Crippen LogP contribution is -2.52. The van der Waals surface area contributed by atoms with Crippen molar-refractivity contribution in [3.05, 3.63) is 0 Å². The lowest BCUT2D eigenvalue weighted by molar-refractivity contribution is -0.138. The molecule has 4 nitrogen and oxygen atoms in total. The molecule has 92 valence electrons. The molecule has 0 radical (unpaired) electrons. The molecule has 2 aliphatic heterocycles. The van der Waals surface area contributed by atoms with Crippen LogP contribution in [0.15, 0.2) is 0 Å². The standard InChI is InChI=1S/C12H23N3O/c1-12(9-13)5-3-6-15(12)11(16)10-4-7-14(2)8-10/h10H,3-9,13H2,1-2H3. The van der Waals surface area contributed by atoms with Gasteiger partial charge in [-0.2, -0.15) is 0 Å². The van der Waals surface area contributed by atoms with Crippen LogP contribution in [0.25, 0.3) is 0 Å². The van der Waals surface area contributed by atoms with Gasteiger partial charge in [-0.05, 0) is 39.8 Å². The van der Waals surface area contributed by atoms with Crippen LogP contribution in [0.3, 0.4) is 0 Å². The summed E-state index contributed by atoms with van der Waals surface area (Å²) in [5.74, 6) is 0.531. The number of nitrogens with two attached hydrogens (primary N) is 1. The predicted molar refractivity (Wildman–Crippen MR) is 64.0 cm³/mol. The maximum atomic E-state index is 12.4. The molecular formula is C12H23N3O. The Morgan fingerprint density at radius 1 is 1.50 bits per heavy atom. The van der Waals surface area contributed by atoms with Gasteiger partial charge in [-0.25, -0.2) is 0 Å². The first-order valence-electron chi connectivity index (χ1n) is 6.27. The van der Waals surface area contributed by atoms with E-state index in [1.165, 1.54) is 0 Å². The van der Waals surface area contributed by atoms with Gasteiger partial charge in [-0.15, -0.1) is 0 Å². The number of amides is 1. The molecule has 1 amide bonds. The molecule has 0 aromatic heterocycles. The molecule has 0 spiro atoms. The van der Waals surface area contributed by atoms with Crippen LogP contribution < -0.4 is 5.73 Å². The van der Waals surface area contributed by atoms with E-state index in [2.05, 4.69) is 18.9 Å². The molecule has 0 aromatic carbocycles. The molecule has 2 aliphatic rings. The Morgan fingerprint density at radius 3 is 2.81 bits per heavy atom. The first-order valence-corrected chi connectivity index (χ1v) is 6.27. The van der Waals surface area contributed by atoms with Crippen LogP contribution in [0.1, 0.15) is 26.2 Å². The average Bonchev–Trinajstić information content (AvgIpc) is 2.85. The topological polar surface area (TPSA) is 49.6 Å². The molecule has 2 saturated heterocycles. The fourth-order valence-corrected chi connectivity index (χ4v) is 2.97. The van der Waals surface area contributed by atoms with Crippen molar-refractivity contribution in [3.8, 4) is 0 Å². The summed E-state index contributed by atoms with van der Waals surface area (Å²) in [6.45, 7) is 5.56. The Bertz CT molecular complexity index is 281. The van der Waals surface area contributed by atoms with Crippen molar-refractivity contribution in [1.29, 1.82) is 0 Å². The fraction of sp³-hybridized carbons (Fsp3) is 0.917. The lowest BCUT2D eigenvalue weighted by Gasteiger charge is -2.35. The van der Waals surface area contributed by atoms with E-state index in [-0.39, 0.29) is 11.5 Å². The third-order valence-electron chi connectivity index (χ3n) is 4.20. The minimum absolute atomic E-state index is 0.0851. The van der Waals surface area contributed by atoms with Gasteiger partial charge in [0.15, 0.2) is 0 Å². The van der Waals surface area contributed by atoms with E-state index >= 15 is 0 Å². The van der Waals surface area contributed by atoms with Crippen molar-refractivity contribution in [2.45, 2.75) is 31.7 Å². The number of hydrogen-bond donors (Lipinski definition) is 1. The number of likely N-dealkylation sites (tertiary alicyclic amines) is 2. The summed E-state index contributed by atoms with van der Waals surface area (Å²) in [6, 6.07) is 0. The number of nitrogens with zero attached hydrogens (tertiary/aromatic N) is 2. The van der Waals surface area contributed by atoms with E-state index < -0.39 is 0 Å². The number of rotatable bonds is 2. The van der Waals surface area contributed by atoms with E-state index in [1.807, 2.05) is 4.90 Å². The molecule has 2 unspecified atom stereocenters. The molecule has 2 N–H and O–H groups in total. The SMILES string of the molecule is CN1CCC(C(=O)N2CCCC2(C)CN)C1. The summed E-state index contributed by atoms with van der Waals surface area (Å²) in [5, 5.41) is 0. The molecule has 2 heterocycles. The second kappa shape index (κ2) is 4.34. The quantitative estimate of drug-likeness (QED) is 0.734. The van der Waals surface area contributed by atoms with Crippen molar-refractivity contribution < 1.29 is 4.79 Å². The molecule has 2 atom stereocenters. The monoisotopic (exact) mass is 225 g/mol. The Labute approximate surface area is 97.8 Å². The third-order valence-corrected chi connectivity index (χ3v) is 4.20. The van der Waals surface area contributed by atoms with Gasteiger partial charge in [-0.1, -0.05) is 0 Å². The van der Waals surface area contributed by atoms with Gasteiger partial charge in [0.05, 0.1) is 11.5 Å². The summed E-state index contributed by atoms with van der Waals surface area (Å²) in [7, 11) is 2.08. The van der Waals surface area contributed by atoms with Gasteiger partial charge in [0.1, 0.15) is 0 Å². The largest absolute Gasteiger partial charge is 0.336 e. The summed E-state index contributed by atoms with van der Waals surface area (Å²) < 4.78 is 0. The zero-order valence-electron chi connectivity index (χ0n) is 10.4. The average molecular weight is 225 g/mol. The highest BCUT2D eigenvalue weighted by Crippen LogP contribution is 2.31. The van der Waals surface area contributed by atoms with Crippen LogP contribution >= 0.6 is 0 Å². The Balaban J connectivity index is 2.04. The second-order valence-corrected chi connectivity index (χ2v) is 5.54. The van der Waals surface area contributed by atoms with E-state index in [0.29, 0.717) is 12.5 Å². The molecule has 0 aromatic rings. The zero-order valence-corrected chi connectivity index (χ0v) is 10.4. The molecule has 2 fully saturated rings. The first kappa shape index (κ1) is 11.9. The van der Waals surface area contributed by atoms with Gasteiger partial charge in [0.25, 0.3) is 0 Å².